The number of carbonyl (C=O) groups is 2. The smallest absolute Gasteiger partial charge is 0.286 e. The zero-order valence-corrected chi connectivity index (χ0v) is 17.3. The lowest BCUT2D eigenvalue weighted by molar-refractivity contribution is -0.119. The molecular weight excluding hydrogens is 378 g/mol. The first-order chi connectivity index (χ1) is 14.5. The van der Waals surface area contributed by atoms with E-state index in [4.69, 9.17) is 4.42 Å². The molecule has 156 valence electrons. The fourth-order valence-electron chi connectivity index (χ4n) is 3.18. The van der Waals surface area contributed by atoms with Gasteiger partial charge in [-0.2, -0.15) is 0 Å². The Morgan fingerprint density at radius 2 is 1.63 bits per heavy atom. The highest BCUT2D eigenvalue weighted by Crippen LogP contribution is 2.23. The summed E-state index contributed by atoms with van der Waals surface area (Å²) < 4.78 is 5.06. The molecule has 0 bridgehead atoms. The van der Waals surface area contributed by atoms with Crippen molar-refractivity contribution in [2.45, 2.75) is 32.7 Å². The van der Waals surface area contributed by atoms with Gasteiger partial charge in [0.2, 0.25) is 5.91 Å². The van der Waals surface area contributed by atoms with E-state index in [1.807, 2.05) is 68.4 Å². The minimum Gasteiger partial charge on any atom is -0.459 e. The predicted molar refractivity (Wildman–Crippen MR) is 119 cm³/mol. The maximum atomic E-state index is 12.8. The van der Waals surface area contributed by atoms with E-state index in [9.17, 15) is 9.59 Å². The van der Waals surface area contributed by atoms with E-state index in [0.29, 0.717) is 19.4 Å². The summed E-state index contributed by atoms with van der Waals surface area (Å²) in [6.07, 6.45) is 2.36. The zero-order chi connectivity index (χ0) is 21.3. The Balaban J connectivity index is 1.54. The van der Waals surface area contributed by atoms with Crippen LogP contribution in [0.25, 0.3) is 0 Å². The molecule has 0 aliphatic rings. The van der Waals surface area contributed by atoms with Crippen molar-refractivity contribution in [3.05, 3.63) is 78.8 Å². The summed E-state index contributed by atoms with van der Waals surface area (Å²) in [6.45, 7) is 4.40. The third kappa shape index (κ3) is 5.73. The van der Waals surface area contributed by atoms with Crippen molar-refractivity contribution in [1.82, 2.24) is 5.32 Å². The van der Waals surface area contributed by atoms with Gasteiger partial charge < -0.3 is 20.0 Å². The van der Waals surface area contributed by atoms with E-state index in [1.54, 1.807) is 17.0 Å². The monoisotopic (exact) mass is 405 g/mol. The lowest BCUT2D eigenvalue weighted by Crippen LogP contribution is -2.37. The standard InChI is InChI=1S/C24H27N3O3/c1-18(2)27(23(28)11-6-16-25-24(29)22-10-7-17-30-22)21-14-12-20(13-15-21)26-19-8-4-3-5-9-19/h3-5,7-10,12-15,17-18,26H,6,11,16H2,1-2H3,(H,25,29). The molecule has 0 aliphatic carbocycles. The number of benzene rings is 2. The van der Waals surface area contributed by atoms with Gasteiger partial charge in [0.25, 0.3) is 5.91 Å². The molecule has 0 radical (unpaired) electrons. The first-order valence-corrected chi connectivity index (χ1v) is 10.1. The molecule has 0 saturated carbocycles. The van der Waals surface area contributed by atoms with Crippen LogP contribution in [-0.4, -0.2) is 24.4 Å². The quantitative estimate of drug-likeness (QED) is 0.493. The molecule has 0 atom stereocenters. The largest absolute Gasteiger partial charge is 0.459 e. The lowest BCUT2D eigenvalue weighted by Gasteiger charge is -2.27. The highest BCUT2D eigenvalue weighted by Gasteiger charge is 2.19. The predicted octanol–water partition coefficient (Wildman–Crippen LogP) is 4.97. The van der Waals surface area contributed by atoms with E-state index >= 15 is 0 Å². The van der Waals surface area contributed by atoms with Gasteiger partial charge in [0.15, 0.2) is 5.76 Å². The minimum absolute atomic E-state index is 0.0287. The molecule has 2 aromatic carbocycles. The summed E-state index contributed by atoms with van der Waals surface area (Å²) in [7, 11) is 0. The number of hydrogen-bond donors (Lipinski definition) is 2. The highest BCUT2D eigenvalue weighted by molar-refractivity contribution is 5.94. The molecule has 0 saturated heterocycles. The molecule has 30 heavy (non-hydrogen) atoms. The van der Waals surface area contributed by atoms with Crippen LogP contribution in [0.2, 0.25) is 0 Å². The van der Waals surface area contributed by atoms with Crippen LogP contribution in [0.1, 0.15) is 37.2 Å². The Labute approximate surface area is 176 Å². The molecule has 1 heterocycles. The van der Waals surface area contributed by atoms with Gasteiger partial charge in [-0.1, -0.05) is 18.2 Å². The summed E-state index contributed by atoms with van der Waals surface area (Å²) in [4.78, 5) is 26.5. The summed E-state index contributed by atoms with van der Waals surface area (Å²) in [5.41, 5.74) is 2.83. The second-order valence-electron chi connectivity index (χ2n) is 7.23. The van der Waals surface area contributed by atoms with E-state index in [1.165, 1.54) is 6.26 Å². The molecule has 0 spiro atoms. The molecule has 1 aromatic heterocycles. The van der Waals surface area contributed by atoms with Gasteiger partial charge in [-0.05, 0) is 68.8 Å². The van der Waals surface area contributed by atoms with Crippen LogP contribution in [0.5, 0.6) is 0 Å². The molecule has 6 nitrogen and oxygen atoms in total. The number of para-hydroxylation sites is 1. The second kappa shape index (κ2) is 10.3. The first kappa shape index (κ1) is 21.2. The molecule has 0 unspecified atom stereocenters. The SMILES string of the molecule is CC(C)N(C(=O)CCCNC(=O)c1ccco1)c1ccc(Nc2ccccc2)cc1. The summed E-state index contributed by atoms with van der Waals surface area (Å²) >= 11 is 0. The number of rotatable bonds is 9. The number of nitrogens with one attached hydrogen (secondary N) is 2. The second-order valence-corrected chi connectivity index (χ2v) is 7.23. The molecule has 0 aliphatic heterocycles. The van der Waals surface area contributed by atoms with Gasteiger partial charge >= 0.3 is 0 Å². The van der Waals surface area contributed by atoms with Gasteiger partial charge in [-0.3, -0.25) is 9.59 Å². The van der Waals surface area contributed by atoms with Crippen molar-refractivity contribution in [2.24, 2.45) is 0 Å². The van der Waals surface area contributed by atoms with Gasteiger partial charge in [0.1, 0.15) is 0 Å². The van der Waals surface area contributed by atoms with Crippen molar-refractivity contribution in [3.63, 3.8) is 0 Å². The van der Waals surface area contributed by atoms with Gasteiger partial charge in [0, 0.05) is 36.1 Å². The van der Waals surface area contributed by atoms with Crippen molar-refractivity contribution >= 4 is 28.9 Å². The molecular formula is C24H27N3O3. The van der Waals surface area contributed by atoms with Crippen LogP contribution in [0.15, 0.2) is 77.4 Å². The number of hydrogen-bond acceptors (Lipinski definition) is 4. The third-order valence-corrected chi connectivity index (χ3v) is 4.59. The average molecular weight is 405 g/mol. The normalized spacial score (nSPS) is 10.6. The zero-order valence-electron chi connectivity index (χ0n) is 17.3. The number of carbonyl (C=O) groups excluding carboxylic acids is 2. The van der Waals surface area contributed by atoms with E-state index < -0.39 is 0 Å². The molecule has 6 heteroatoms. The van der Waals surface area contributed by atoms with Gasteiger partial charge in [-0.25, -0.2) is 0 Å². The van der Waals surface area contributed by atoms with Crippen LogP contribution in [-0.2, 0) is 4.79 Å². The fraction of sp³-hybridized carbons (Fsp3) is 0.250. The summed E-state index contributed by atoms with van der Waals surface area (Å²) in [5.74, 6) is 0.0324. The van der Waals surface area contributed by atoms with Crippen molar-refractivity contribution in [1.29, 1.82) is 0 Å². The number of nitrogens with zero attached hydrogens (tertiary/aromatic N) is 1. The summed E-state index contributed by atoms with van der Waals surface area (Å²) in [6, 6.07) is 21.1. The van der Waals surface area contributed by atoms with Gasteiger partial charge in [0.05, 0.1) is 6.26 Å². The Hall–Kier alpha value is -3.54. The number of amides is 2. The van der Waals surface area contributed by atoms with Crippen LogP contribution < -0.4 is 15.5 Å². The van der Waals surface area contributed by atoms with E-state index in [-0.39, 0.29) is 23.6 Å². The molecule has 0 fully saturated rings. The third-order valence-electron chi connectivity index (χ3n) is 4.59. The van der Waals surface area contributed by atoms with Gasteiger partial charge in [-0.15, -0.1) is 0 Å². The highest BCUT2D eigenvalue weighted by atomic mass is 16.3. The Kier molecular flexibility index (Phi) is 7.27. The van der Waals surface area contributed by atoms with Crippen molar-refractivity contribution < 1.29 is 14.0 Å². The fourth-order valence-corrected chi connectivity index (χ4v) is 3.18. The Bertz CT molecular complexity index is 936. The number of furan rings is 1. The Morgan fingerprint density at radius 3 is 2.27 bits per heavy atom. The van der Waals surface area contributed by atoms with Crippen molar-refractivity contribution in [2.75, 3.05) is 16.8 Å². The maximum Gasteiger partial charge on any atom is 0.286 e. The van der Waals surface area contributed by atoms with E-state index in [0.717, 1.165) is 17.1 Å². The first-order valence-electron chi connectivity index (χ1n) is 10.1. The van der Waals surface area contributed by atoms with Crippen molar-refractivity contribution in [3.8, 4) is 0 Å². The maximum absolute atomic E-state index is 12.8. The number of anilines is 3. The molecule has 2 amide bonds. The Morgan fingerprint density at radius 1 is 0.933 bits per heavy atom. The summed E-state index contributed by atoms with van der Waals surface area (Å²) in [5, 5.41) is 6.11. The van der Waals surface area contributed by atoms with Crippen LogP contribution >= 0.6 is 0 Å². The topological polar surface area (TPSA) is 74.6 Å². The lowest BCUT2D eigenvalue weighted by atomic mass is 10.1. The van der Waals surface area contributed by atoms with Crippen LogP contribution in [0.3, 0.4) is 0 Å². The molecule has 2 N–H and O–H groups in total. The van der Waals surface area contributed by atoms with E-state index in [2.05, 4.69) is 10.6 Å². The van der Waals surface area contributed by atoms with Crippen LogP contribution in [0, 0.1) is 0 Å². The minimum atomic E-state index is -0.269. The average Bonchev–Trinajstić information content (AvgIpc) is 3.28. The van der Waals surface area contributed by atoms with Crippen LogP contribution in [0.4, 0.5) is 17.1 Å². The molecule has 3 rings (SSSR count). The molecule has 3 aromatic rings.